The van der Waals surface area contributed by atoms with E-state index in [1.165, 1.54) is 16.7 Å². The van der Waals surface area contributed by atoms with Gasteiger partial charge in [0.1, 0.15) is 14.2 Å². The van der Waals surface area contributed by atoms with Gasteiger partial charge in [0.05, 0.1) is 12.8 Å². The molecule has 84 valence electrons. The number of nitrogens with zero attached hydrogens (tertiary/aromatic N) is 1. The number of thioether (sulfide) groups is 1. The van der Waals surface area contributed by atoms with E-state index in [0.717, 1.165) is 11.4 Å². The Morgan fingerprint density at radius 1 is 1.44 bits per heavy atom. The molecule has 0 aromatic heterocycles. The normalized spacial score (nSPS) is 20.4. The van der Waals surface area contributed by atoms with Crippen LogP contribution >= 0.6 is 39.9 Å². The van der Waals surface area contributed by atoms with Crippen molar-refractivity contribution >= 4 is 55.8 Å². The van der Waals surface area contributed by atoms with Crippen LogP contribution in [0.5, 0.6) is 5.75 Å². The zero-order valence-corrected chi connectivity index (χ0v) is 11.6. The molecular weight excluding hydrogens is 310 g/mol. The van der Waals surface area contributed by atoms with E-state index in [1.807, 2.05) is 12.1 Å². The van der Waals surface area contributed by atoms with E-state index in [4.69, 9.17) is 17.0 Å². The summed E-state index contributed by atoms with van der Waals surface area (Å²) in [5.74, 6) is 0.713. The van der Waals surface area contributed by atoms with Crippen LogP contribution in [0.25, 0.3) is 0 Å². The lowest BCUT2D eigenvalue weighted by atomic mass is 10.3. The maximum Gasteiger partial charge on any atom is 0.256 e. The predicted molar refractivity (Wildman–Crippen MR) is 73.4 cm³/mol. The Balaban J connectivity index is 2.30. The van der Waals surface area contributed by atoms with Gasteiger partial charge in [-0.15, -0.1) is 0 Å². The summed E-state index contributed by atoms with van der Waals surface area (Å²) in [6.07, 6.45) is 0. The molecule has 16 heavy (non-hydrogen) atoms. The lowest BCUT2D eigenvalue weighted by Crippen LogP contribution is -2.29. The average Bonchev–Trinajstić information content (AvgIpc) is 2.54. The highest BCUT2D eigenvalue weighted by Gasteiger charge is 2.36. The second-order valence-electron chi connectivity index (χ2n) is 3.07. The number of halogens is 1. The first kappa shape index (κ1) is 11.9. The van der Waals surface area contributed by atoms with E-state index in [2.05, 4.69) is 15.9 Å². The molecule has 0 saturated carbocycles. The summed E-state index contributed by atoms with van der Waals surface area (Å²) in [4.78, 5) is 13.3. The second kappa shape index (κ2) is 4.73. The van der Waals surface area contributed by atoms with Crippen LogP contribution in [-0.4, -0.2) is 21.5 Å². The molecule has 0 bridgehead atoms. The van der Waals surface area contributed by atoms with Crippen LogP contribution in [0.15, 0.2) is 24.3 Å². The van der Waals surface area contributed by atoms with Crippen molar-refractivity contribution in [1.82, 2.24) is 0 Å². The van der Waals surface area contributed by atoms with E-state index in [0.29, 0.717) is 4.32 Å². The average molecular weight is 318 g/mol. The quantitative estimate of drug-likeness (QED) is 0.619. The van der Waals surface area contributed by atoms with E-state index in [9.17, 15) is 4.79 Å². The summed E-state index contributed by atoms with van der Waals surface area (Å²) in [5.41, 5.74) is 0.769. The molecule has 0 unspecified atom stereocenters. The van der Waals surface area contributed by atoms with Gasteiger partial charge in [-0.25, -0.2) is 0 Å². The number of methoxy groups -OCH3 is 1. The summed E-state index contributed by atoms with van der Waals surface area (Å²) in [6.45, 7) is 0. The topological polar surface area (TPSA) is 29.5 Å². The minimum Gasteiger partial charge on any atom is -0.497 e. The number of rotatable bonds is 2. The standard InChI is InChI=1S/C10H8BrNO2S2/c1-14-7-4-2-6(3-5-7)12-9(13)8(11)16-10(12)15/h2-5,8H,1H3/t8-/m1/s1. The third-order valence-corrected chi connectivity index (χ3v) is 4.35. The lowest BCUT2D eigenvalue weighted by molar-refractivity contribution is -0.115. The van der Waals surface area contributed by atoms with Gasteiger partial charge >= 0.3 is 0 Å². The molecule has 0 spiro atoms. The molecule has 0 aliphatic carbocycles. The molecule has 1 aromatic rings. The largest absolute Gasteiger partial charge is 0.497 e. The molecule has 1 aliphatic heterocycles. The maximum atomic E-state index is 11.8. The van der Waals surface area contributed by atoms with Gasteiger partial charge in [-0.1, -0.05) is 39.9 Å². The molecule has 1 saturated heterocycles. The van der Waals surface area contributed by atoms with Gasteiger partial charge in [-0.05, 0) is 24.3 Å². The Kier molecular flexibility index (Phi) is 3.51. The minimum atomic E-state index is -0.276. The van der Waals surface area contributed by atoms with Gasteiger partial charge in [-0.2, -0.15) is 0 Å². The summed E-state index contributed by atoms with van der Waals surface area (Å²) in [5, 5.41) is 0. The van der Waals surface area contributed by atoms with Crippen LogP contribution in [0.4, 0.5) is 5.69 Å². The highest BCUT2D eigenvalue weighted by Crippen LogP contribution is 2.35. The monoisotopic (exact) mass is 317 g/mol. The maximum absolute atomic E-state index is 11.8. The number of amides is 1. The summed E-state index contributed by atoms with van der Waals surface area (Å²) >= 11 is 9.75. The van der Waals surface area contributed by atoms with Crippen molar-refractivity contribution in [3.63, 3.8) is 0 Å². The highest BCUT2D eigenvalue weighted by molar-refractivity contribution is 9.12. The van der Waals surface area contributed by atoms with Crippen LogP contribution in [-0.2, 0) is 4.79 Å². The van der Waals surface area contributed by atoms with Gasteiger partial charge in [0.15, 0.2) is 0 Å². The fourth-order valence-corrected chi connectivity index (χ4v) is 3.62. The van der Waals surface area contributed by atoms with Crippen molar-refractivity contribution in [3.05, 3.63) is 24.3 Å². The van der Waals surface area contributed by atoms with Crippen LogP contribution in [0.3, 0.4) is 0 Å². The number of hydrogen-bond acceptors (Lipinski definition) is 4. The Labute approximate surface area is 111 Å². The molecule has 1 atom stereocenters. The van der Waals surface area contributed by atoms with Gasteiger partial charge in [0.25, 0.3) is 5.91 Å². The van der Waals surface area contributed by atoms with Crippen LogP contribution in [0.2, 0.25) is 0 Å². The Hall–Kier alpha value is -0.590. The fourth-order valence-electron chi connectivity index (χ4n) is 1.35. The molecule has 1 amide bonds. The van der Waals surface area contributed by atoms with Crippen LogP contribution < -0.4 is 9.64 Å². The van der Waals surface area contributed by atoms with Crippen molar-refractivity contribution in [2.75, 3.05) is 12.0 Å². The molecule has 2 rings (SSSR count). The predicted octanol–water partition coefficient (Wildman–Crippen LogP) is 2.78. The highest BCUT2D eigenvalue weighted by atomic mass is 79.9. The molecule has 0 N–H and O–H groups in total. The number of anilines is 1. The number of ether oxygens (including phenoxy) is 1. The van der Waals surface area contributed by atoms with E-state index in [1.54, 1.807) is 19.2 Å². The van der Waals surface area contributed by atoms with Gasteiger partial charge < -0.3 is 4.74 Å². The minimum absolute atomic E-state index is 0.0415. The van der Waals surface area contributed by atoms with Gasteiger partial charge in [0.2, 0.25) is 0 Å². The van der Waals surface area contributed by atoms with Gasteiger partial charge in [0, 0.05) is 0 Å². The first-order valence-electron chi connectivity index (χ1n) is 4.46. The number of alkyl halides is 1. The van der Waals surface area contributed by atoms with Crippen LogP contribution in [0.1, 0.15) is 0 Å². The third kappa shape index (κ3) is 2.09. The van der Waals surface area contributed by atoms with E-state index < -0.39 is 0 Å². The lowest BCUT2D eigenvalue weighted by Gasteiger charge is -2.15. The number of carbonyl (C=O) groups is 1. The Bertz CT molecular complexity index is 435. The molecule has 1 heterocycles. The molecule has 6 heteroatoms. The first-order valence-corrected chi connectivity index (χ1v) is 6.66. The number of benzene rings is 1. The van der Waals surface area contributed by atoms with Crippen molar-refractivity contribution in [2.45, 2.75) is 4.16 Å². The zero-order valence-electron chi connectivity index (χ0n) is 8.34. The molecule has 0 radical (unpaired) electrons. The Morgan fingerprint density at radius 2 is 2.06 bits per heavy atom. The smallest absolute Gasteiger partial charge is 0.256 e. The van der Waals surface area contributed by atoms with Crippen LogP contribution in [0, 0.1) is 0 Å². The summed E-state index contributed by atoms with van der Waals surface area (Å²) in [6, 6.07) is 7.23. The zero-order chi connectivity index (χ0) is 11.7. The van der Waals surface area contributed by atoms with E-state index in [-0.39, 0.29) is 10.1 Å². The molecule has 1 aromatic carbocycles. The first-order chi connectivity index (χ1) is 7.63. The van der Waals surface area contributed by atoms with E-state index >= 15 is 0 Å². The Morgan fingerprint density at radius 3 is 2.50 bits per heavy atom. The van der Waals surface area contributed by atoms with Gasteiger partial charge in [-0.3, -0.25) is 9.69 Å². The number of carbonyl (C=O) groups excluding carboxylic acids is 1. The molecule has 1 fully saturated rings. The molecular formula is C10H8BrNO2S2. The van der Waals surface area contributed by atoms with Crippen molar-refractivity contribution in [3.8, 4) is 5.75 Å². The summed E-state index contributed by atoms with van der Waals surface area (Å²) in [7, 11) is 1.60. The SMILES string of the molecule is COc1ccc(N2C(=O)[C@H](Br)SC2=S)cc1. The fraction of sp³-hybridized carbons (Fsp3) is 0.200. The van der Waals surface area contributed by atoms with Crippen molar-refractivity contribution in [1.29, 1.82) is 0 Å². The molecule has 1 aliphatic rings. The van der Waals surface area contributed by atoms with Crippen molar-refractivity contribution < 1.29 is 9.53 Å². The third-order valence-electron chi connectivity index (χ3n) is 2.13. The second-order valence-corrected chi connectivity index (χ2v) is 6.33. The number of hydrogen-bond donors (Lipinski definition) is 0. The number of thiocarbonyl (C=S) groups is 1. The molecule has 3 nitrogen and oxygen atoms in total. The summed E-state index contributed by atoms with van der Waals surface area (Å²) < 4.78 is 5.35. The van der Waals surface area contributed by atoms with Crippen molar-refractivity contribution in [2.24, 2.45) is 0 Å².